The van der Waals surface area contributed by atoms with Crippen molar-refractivity contribution in [1.82, 2.24) is 9.97 Å². The number of alkyl halides is 3. The number of nitrogen functional groups attached to an aromatic ring is 1. The second kappa shape index (κ2) is 5.69. The summed E-state index contributed by atoms with van der Waals surface area (Å²) in [5, 5.41) is 0. The van der Waals surface area contributed by atoms with Gasteiger partial charge in [-0.1, -0.05) is 32.0 Å². The van der Waals surface area contributed by atoms with Gasteiger partial charge in [0.05, 0.1) is 5.56 Å². The molecule has 0 spiro atoms. The molecule has 1 aromatic heterocycles. The third kappa shape index (κ3) is 3.30. The fourth-order valence-electron chi connectivity index (χ4n) is 1.88. The number of nitrogens with one attached hydrogen (secondary N) is 1. The largest absolute Gasteiger partial charge is 0.417 e. The fourth-order valence-corrected chi connectivity index (χ4v) is 1.88. The van der Waals surface area contributed by atoms with Crippen LogP contribution in [0.5, 0.6) is 0 Å². The van der Waals surface area contributed by atoms with Crippen LogP contribution in [0.4, 0.5) is 19.0 Å². The zero-order valence-corrected chi connectivity index (χ0v) is 11.6. The number of halogens is 3. The molecule has 0 bridgehead atoms. The molecule has 2 aromatic rings. The van der Waals surface area contributed by atoms with E-state index < -0.39 is 11.7 Å². The molecule has 0 aliphatic heterocycles. The topological polar surface area (TPSA) is 63.8 Å². The van der Waals surface area contributed by atoms with Crippen molar-refractivity contribution in [3.8, 4) is 11.4 Å². The molecule has 112 valence electrons. The third-order valence-corrected chi connectivity index (χ3v) is 2.96. The second-order valence-electron chi connectivity index (χ2n) is 4.84. The molecule has 7 heteroatoms. The first-order chi connectivity index (χ1) is 9.82. The number of nitrogens with zero attached hydrogens (tertiary/aromatic N) is 2. The highest BCUT2D eigenvalue weighted by atomic mass is 19.4. The molecule has 0 fully saturated rings. The van der Waals surface area contributed by atoms with Gasteiger partial charge < -0.3 is 5.43 Å². The van der Waals surface area contributed by atoms with Crippen LogP contribution >= 0.6 is 0 Å². The predicted octanol–water partition coefficient (Wildman–Crippen LogP) is 3.57. The van der Waals surface area contributed by atoms with Gasteiger partial charge in [0.25, 0.3) is 0 Å². The van der Waals surface area contributed by atoms with Crippen molar-refractivity contribution < 1.29 is 13.2 Å². The number of hydrogen-bond donors (Lipinski definition) is 2. The van der Waals surface area contributed by atoms with Gasteiger partial charge in [0.2, 0.25) is 0 Å². The molecular formula is C14H15F3N4. The molecule has 4 nitrogen and oxygen atoms in total. The maximum absolute atomic E-state index is 13.1. The molecular weight excluding hydrogens is 281 g/mol. The van der Waals surface area contributed by atoms with Gasteiger partial charge in [-0.3, -0.25) is 0 Å². The minimum Gasteiger partial charge on any atom is -0.308 e. The quantitative estimate of drug-likeness (QED) is 0.671. The lowest BCUT2D eigenvalue weighted by Crippen LogP contribution is -2.12. The number of aromatic nitrogens is 2. The molecule has 1 heterocycles. The first-order valence-corrected chi connectivity index (χ1v) is 6.35. The monoisotopic (exact) mass is 296 g/mol. The molecule has 1 aromatic carbocycles. The normalized spacial score (nSPS) is 11.8. The fraction of sp³-hybridized carbons (Fsp3) is 0.286. The van der Waals surface area contributed by atoms with Crippen molar-refractivity contribution >= 4 is 5.82 Å². The maximum atomic E-state index is 13.1. The lowest BCUT2D eigenvalue weighted by Gasteiger charge is -2.14. The number of benzene rings is 1. The molecule has 2 rings (SSSR count). The van der Waals surface area contributed by atoms with Crippen molar-refractivity contribution in [2.45, 2.75) is 25.9 Å². The standard InChI is InChI=1S/C14H15F3N4/c1-8(2)11-7-12(21-18)20-13(19-11)9-5-3-4-6-10(9)14(15,16)17/h3-8H,18H2,1-2H3,(H,19,20,21). The van der Waals surface area contributed by atoms with Crippen molar-refractivity contribution in [1.29, 1.82) is 0 Å². The van der Waals surface area contributed by atoms with Crippen molar-refractivity contribution in [2.75, 3.05) is 5.43 Å². The first-order valence-electron chi connectivity index (χ1n) is 6.35. The van der Waals surface area contributed by atoms with Crippen molar-refractivity contribution in [3.05, 3.63) is 41.6 Å². The highest BCUT2D eigenvalue weighted by Crippen LogP contribution is 2.36. The Kier molecular flexibility index (Phi) is 4.13. The van der Waals surface area contributed by atoms with Crippen LogP contribution in [0.25, 0.3) is 11.4 Å². The van der Waals surface area contributed by atoms with Crippen molar-refractivity contribution in [3.63, 3.8) is 0 Å². The summed E-state index contributed by atoms with van der Waals surface area (Å²) in [4.78, 5) is 8.25. The molecule has 0 saturated heterocycles. The van der Waals surface area contributed by atoms with Gasteiger partial charge in [-0.2, -0.15) is 13.2 Å². The number of nitrogens with two attached hydrogens (primary N) is 1. The highest BCUT2D eigenvalue weighted by Gasteiger charge is 2.34. The number of rotatable bonds is 3. The zero-order chi connectivity index (χ0) is 15.6. The molecule has 0 aliphatic rings. The summed E-state index contributed by atoms with van der Waals surface area (Å²) >= 11 is 0. The van der Waals surface area contributed by atoms with E-state index in [4.69, 9.17) is 5.84 Å². The Morgan fingerprint density at radius 1 is 1.14 bits per heavy atom. The third-order valence-electron chi connectivity index (χ3n) is 2.96. The number of hydrogen-bond acceptors (Lipinski definition) is 4. The Bertz CT molecular complexity index is 638. The molecule has 0 unspecified atom stereocenters. The predicted molar refractivity (Wildman–Crippen MR) is 74.4 cm³/mol. The van der Waals surface area contributed by atoms with E-state index in [0.717, 1.165) is 6.07 Å². The summed E-state index contributed by atoms with van der Waals surface area (Å²) < 4.78 is 39.2. The molecule has 0 saturated carbocycles. The first kappa shape index (κ1) is 15.2. The maximum Gasteiger partial charge on any atom is 0.417 e. The molecule has 0 aliphatic carbocycles. The van der Waals surface area contributed by atoms with E-state index in [2.05, 4.69) is 15.4 Å². The molecule has 21 heavy (non-hydrogen) atoms. The van der Waals surface area contributed by atoms with Crippen LogP contribution in [0.3, 0.4) is 0 Å². The van der Waals surface area contributed by atoms with Gasteiger partial charge in [-0.15, -0.1) is 0 Å². The molecule has 0 amide bonds. The molecule has 0 atom stereocenters. The Morgan fingerprint density at radius 3 is 2.38 bits per heavy atom. The summed E-state index contributed by atoms with van der Waals surface area (Å²) in [5.74, 6) is 5.65. The van der Waals surface area contributed by atoms with Gasteiger partial charge in [-0.25, -0.2) is 15.8 Å². The van der Waals surface area contributed by atoms with E-state index in [1.165, 1.54) is 18.2 Å². The van der Waals surface area contributed by atoms with Crippen molar-refractivity contribution in [2.24, 2.45) is 5.84 Å². The molecule has 3 N–H and O–H groups in total. The smallest absolute Gasteiger partial charge is 0.308 e. The van der Waals surface area contributed by atoms with Crippen LogP contribution < -0.4 is 11.3 Å². The van der Waals surface area contributed by atoms with Crippen LogP contribution in [0.2, 0.25) is 0 Å². The highest BCUT2D eigenvalue weighted by molar-refractivity contribution is 5.63. The van der Waals surface area contributed by atoms with E-state index in [1.54, 1.807) is 6.07 Å². The average molecular weight is 296 g/mol. The second-order valence-corrected chi connectivity index (χ2v) is 4.84. The van der Waals surface area contributed by atoms with E-state index in [0.29, 0.717) is 5.69 Å². The van der Waals surface area contributed by atoms with Gasteiger partial charge >= 0.3 is 6.18 Å². The Labute approximate surface area is 120 Å². The Balaban J connectivity index is 2.64. The van der Waals surface area contributed by atoms with Crippen LogP contribution in [-0.2, 0) is 6.18 Å². The number of hydrazine groups is 1. The van der Waals surface area contributed by atoms with E-state index >= 15 is 0 Å². The van der Waals surface area contributed by atoms with Crippen LogP contribution in [0.15, 0.2) is 30.3 Å². The van der Waals surface area contributed by atoms with Gasteiger partial charge in [0.15, 0.2) is 5.82 Å². The summed E-state index contributed by atoms with van der Waals surface area (Å²) in [5.41, 5.74) is 2.14. The number of anilines is 1. The van der Waals surface area contributed by atoms with E-state index in [1.807, 2.05) is 13.8 Å². The SMILES string of the molecule is CC(C)c1cc(NN)nc(-c2ccccc2C(F)(F)F)n1. The molecule has 0 radical (unpaired) electrons. The average Bonchev–Trinajstić information content (AvgIpc) is 2.45. The van der Waals surface area contributed by atoms with Crippen LogP contribution in [-0.4, -0.2) is 9.97 Å². The summed E-state index contributed by atoms with van der Waals surface area (Å²) in [6.07, 6.45) is -4.47. The van der Waals surface area contributed by atoms with Crippen LogP contribution in [0.1, 0.15) is 31.0 Å². The Hall–Kier alpha value is -2.15. The van der Waals surface area contributed by atoms with E-state index in [-0.39, 0.29) is 23.1 Å². The van der Waals surface area contributed by atoms with E-state index in [9.17, 15) is 13.2 Å². The lowest BCUT2D eigenvalue weighted by molar-refractivity contribution is -0.137. The van der Waals surface area contributed by atoms with Crippen LogP contribution in [0, 0.1) is 0 Å². The van der Waals surface area contributed by atoms with Gasteiger partial charge in [0, 0.05) is 17.3 Å². The Morgan fingerprint density at radius 2 is 1.81 bits per heavy atom. The minimum absolute atomic E-state index is 0.00192. The summed E-state index contributed by atoms with van der Waals surface area (Å²) in [7, 11) is 0. The minimum atomic E-state index is -4.47. The lowest BCUT2D eigenvalue weighted by atomic mass is 10.1. The summed E-state index contributed by atoms with van der Waals surface area (Å²) in [6.45, 7) is 3.78. The van der Waals surface area contributed by atoms with Gasteiger partial charge in [-0.05, 0) is 12.0 Å². The van der Waals surface area contributed by atoms with Gasteiger partial charge in [0.1, 0.15) is 5.82 Å². The summed E-state index contributed by atoms with van der Waals surface area (Å²) in [6, 6.07) is 6.83. The zero-order valence-electron chi connectivity index (χ0n) is 11.6.